The second-order valence-electron chi connectivity index (χ2n) is 4.37. The molecule has 0 atom stereocenters. The number of nitriles is 1. The Morgan fingerprint density at radius 1 is 1.47 bits per heavy atom. The van der Waals surface area contributed by atoms with Crippen LogP contribution >= 0.6 is 0 Å². The van der Waals surface area contributed by atoms with Gasteiger partial charge in [-0.2, -0.15) is 5.26 Å². The van der Waals surface area contributed by atoms with Crippen LogP contribution in [0.4, 0.5) is 5.69 Å². The molecule has 7 nitrogen and oxygen atoms in total. The third-order valence-corrected chi connectivity index (χ3v) is 3.02. The normalized spacial score (nSPS) is 16.6. The highest BCUT2D eigenvalue weighted by atomic mass is 16.5. The number of carbonyl (C=O) groups excluding carboxylic acids is 1. The topological polar surface area (TPSA) is 108 Å². The SMILES string of the molecule is N#CC1(C(=O)Nc2ccc3[nH]c(=O)oc3c2)COC1. The first kappa shape index (κ1) is 11.5. The monoisotopic (exact) mass is 259 g/mol. The van der Waals surface area contributed by atoms with E-state index in [0.717, 1.165) is 0 Å². The lowest BCUT2D eigenvalue weighted by molar-refractivity contribution is -0.144. The van der Waals surface area contributed by atoms with Gasteiger partial charge in [0.15, 0.2) is 11.0 Å². The lowest BCUT2D eigenvalue weighted by Crippen LogP contribution is -2.50. The maximum absolute atomic E-state index is 12.0. The van der Waals surface area contributed by atoms with Crippen molar-refractivity contribution in [3.63, 3.8) is 0 Å². The molecule has 0 spiro atoms. The van der Waals surface area contributed by atoms with Crippen LogP contribution in [0.2, 0.25) is 0 Å². The Morgan fingerprint density at radius 3 is 2.89 bits per heavy atom. The summed E-state index contributed by atoms with van der Waals surface area (Å²) >= 11 is 0. The summed E-state index contributed by atoms with van der Waals surface area (Å²) in [5.74, 6) is -0.974. The number of fused-ring (bicyclic) bond motifs is 1. The van der Waals surface area contributed by atoms with Gasteiger partial charge < -0.3 is 14.5 Å². The van der Waals surface area contributed by atoms with Crippen molar-refractivity contribution in [3.05, 3.63) is 28.7 Å². The number of aromatic amines is 1. The van der Waals surface area contributed by atoms with Gasteiger partial charge in [0.2, 0.25) is 5.91 Å². The molecule has 0 aliphatic carbocycles. The fourth-order valence-corrected chi connectivity index (χ4v) is 1.83. The Hall–Kier alpha value is -2.59. The van der Waals surface area contributed by atoms with Crippen LogP contribution in [0.15, 0.2) is 27.4 Å². The van der Waals surface area contributed by atoms with Crippen molar-refractivity contribution in [2.24, 2.45) is 5.41 Å². The standard InChI is InChI=1S/C12H9N3O4/c13-4-12(5-18-6-12)10(16)14-7-1-2-8-9(3-7)19-11(17)15-8/h1-3H,5-6H2,(H,14,16)(H,15,17). The zero-order valence-corrected chi connectivity index (χ0v) is 9.73. The van der Waals surface area contributed by atoms with Gasteiger partial charge in [0.1, 0.15) is 0 Å². The molecule has 0 saturated carbocycles. The first-order valence-electron chi connectivity index (χ1n) is 5.56. The third kappa shape index (κ3) is 1.78. The van der Waals surface area contributed by atoms with Gasteiger partial charge in [-0.25, -0.2) is 4.79 Å². The van der Waals surface area contributed by atoms with Gasteiger partial charge in [0.25, 0.3) is 0 Å². The number of nitrogens with one attached hydrogen (secondary N) is 2. The molecule has 1 fully saturated rings. The molecule has 3 rings (SSSR count). The Bertz CT molecular complexity index is 748. The molecule has 1 aromatic carbocycles. The van der Waals surface area contributed by atoms with Crippen molar-refractivity contribution in [2.45, 2.75) is 0 Å². The fraction of sp³-hybridized carbons (Fsp3) is 0.250. The van der Waals surface area contributed by atoms with Gasteiger partial charge in [0.05, 0.1) is 24.8 Å². The highest BCUT2D eigenvalue weighted by Gasteiger charge is 2.46. The van der Waals surface area contributed by atoms with Gasteiger partial charge >= 0.3 is 5.76 Å². The number of aromatic nitrogens is 1. The summed E-state index contributed by atoms with van der Waals surface area (Å²) in [6.45, 7) is 0.188. The van der Waals surface area contributed by atoms with Crippen LogP contribution < -0.4 is 11.1 Å². The molecule has 96 valence electrons. The molecule has 1 saturated heterocycles. The van der Waals surface area contributed by atoms with Crippen LogP contribution in [0, 0.1) is 16.7 Å². The number of oxazole rings is 1. The van der Waals surface area contributed by atoms with E-state index in [1.807, 2.05) is 6.07 Å². The van der Waals surface area contributed by atoms with Gasteiger partial charge in [-0.05, 0) is 12.1 Å². The van der Waals surface area contributed by atoms with E-state index in [-0.39, 0.29) is 13.2 Å². The van der Waals surface area contributed by atoms with Gasteiger partial charge in [-0.15, -0.1) is 0 Å². The van der Waals surface area contributed by atoms with Crippen LogP contribution in [-0.2, 0) is 9.53 Å². The number of H-pyrrole nitrogens is 1. The molecule has 2 aromatic rings. The average Bonchev–Trinajstić information content (AvgIpc) is 2.67. The Morgan fingerprint density at radius 2 is 2.26 bits per heavy atom. The van der Waals surface area contributed by atoms with E-state index in [1.165, 1.54) is 6.07 Å². The Labute approximate surface area is 106 Å². The average molecular weight is 259 g/mol. The van der Waals surface area contributed by atoms with Gasteiger partial charge in [-0.1, -0.05) is 0 Å². The largest absolute Gasteiger partial charge is 0.417 e. The number of ether oxygens (including phenoxy) is 1. The fourth-order valence-electron chi connectivity index (χ4n) is 1.83. The van der Waals surface area contributed by atoms with Crippen molar-refractivity contribution in [1.82, 2.24) is 4.98 Å². The number of carbonyl (C=O) groups is 1. The molecule has 2 N–H and O–H groups in total. The smallest absolute Gasteiger partial charge is 0.408 e. The van der Waals surface area contributed by atoms with Crippen molar-refractivity contribution in [1.29, 1.82) is 5.26 Å². The van der Waals surface area contributed by atoms with E-state index in [2.05, 4.69) is 10.3 Å². The van der Waals surface area contributed by atoms with Crippen molar-refractivity contribution in [2.75, 3.05) is 18.5 Å². The summed E-state index contributed by atoms with van der Waals surface area (Å²) in [4.78, 5) is 25.5. The van der Waals surface area contributed by atoms with E-state index >= 15 is 0 Å². The lowest BCUT2D eigenvalue weighted by Gasteiger charge is -2.33. The molecular weight excluding hydrogens is 250 g/mol. The summed E-state index contributed by atoms with van der Waals surface area (Å²) in [7, 11) is 0. The molecule has 19 heavy (non-hydrogen) atoms. The summed E-state index contributed by atoms with van der Waals surface area (Å²) in [5.41, 5.74) is 0.235. The van der Waals surface area contributed by atoms with Crippen LogP contribution in [0.3, 0.4) is 0 Å². The lowest BCUT2D eigenvalue weighted by atomic mass is 9.87. The highest BCUT2D eigenvalue weighted by molar-refractivity contribution is 5.99. The van der Waals surface area contributed by atoms with Gasteiger partial charge in [0, 0.05) is 11.8 Å². The molecule has 1 aliphatic rings. The zero-order chi connectivity index (χ0) is 13.5. The van der Waals surface area contributed by atoms with Crippen LogP contribution in [-0.4, -0.2) is 24.1 Å². The van der Waals surface area contributed by atoms with Crippen LogP contribution in [0.25, 0.3) is 11.1 Å². The van der Waals surface area contributed by atoms with E-state index in [1.54, 1.807) is 12.1 Å². The van der Waals surface area contributed by atoms with E-state index < -0.39 is 17.1 Å². The van der Waals surface area contributed by atoms with Crippen LogP contribution in [0.1, 0.15) is 0 Å². The number of hydrogen-bond acceptors (Lipinski definition) is 5. The molecular formula is C12H9N3O4. The maximum Gasteiger partial charge on any atom is 0.417 e. The zero-order valence-electron chi connectivity index (χ0n) is 9.73. The van der Waals surface area contributed by atoms with Gasteiger partial charge in [-0.3, -0.25) is 9.78 Å². The quantitative estimate of drug-likeness (QED) is 0.820. The number of amides is 1. The Balaban J connectivity index is 1.87. The number of benzene rings is 1. The summed E-state index contributed by atoms with van der Waals surface area (Å²) in [5, 5.41) is 11.6. The first-order chi connectivity index (χ1) is 9.13. The second kappa shape index (κ2) is 3.96. The number of hydrogen-bond donors (Lipinski definition) is 2. The summed E-state index contributed by atoms with van der Waals surface area (Å²) in [6.07, 6.45) is 0. The first-order valence-corrected chi connectivity index (χ1v) is 5.56. The third-order valence-electron chi connectivity index (χ3n) is 3.02. The molecule has 1 aromatic heterocycles. The number of anilines is 1. The predicted molar refractivity (Wildman–Crippen MR) is 64.3 cm³/mol. The maximum atomic E-state index is 12.0. The molecule has 0 bridgehead atoms. The van der Waals surface area contributed by atoms with Crippen molar-refractivity contribution >= 4 is 22.7 Å². The molecule has 7 heteroatoms. The second-order valence-corrected chi connectivity index (χ2v) is 4.37. The van der Waals surface area contributed by atoms with Crippen molar-refractivity contribution in [3.8, 4) is 6.07 Å². The van der Waals surface area contributed by atoms with E-state index in [9.17, 15) is 9.59 Å². The Kier molecular flexibility index (Phi) is 2.40. The van der Waals surface area contributed by atoms with Crippen molar-refractivity contribution < 1.29 is 13.9 Å². The molecule has 0 radical (unpaired) electrons. The molecule has 1 aliphatic heterocycles. The predicted octanol–water partition coefficient (Wildman–Crippen LogP) is 0.600. The number of rotatable bonds is 2. The molecule has 0 unspecified atom stereocenters. The minimum Gasteiger partial charge on any atom is -0.408 e. The summed E-state index contributed by atoms with van der Waals surface area (Å²) in [6, 6.07) is 6.72. The minimum absolute atomic E-state index is 0.0941. The van der Waals surface area contributed by atoms with Crippen LogP contribution in [0.5, 0.6) is 0 Å². The van der Waals surface area contributed by atoms with E-state index in [0.29, 0.717) is 16.8 Å². The minimum atomic E-state index is -1.12. The number of nitrogens with zero attached hydrogens (tertiary/aromatic N) is 1. The highest BCUT2D eigenvalue weighted by Crippen LogP contribution is 2.28. The van der Waals surface area contributed by atoms with E-state index in [4.69, 9.17) is 14.4 Å². The molecule has 1 amide bonds. The molecule has 2 heterocycles. The summed E-state index contributed by atoms with van der Waals surface area (Å²) < 4.78 is 9.80.